The normalized spacial score (nSPS) is 21.8. The molecule has 2 atom stereocenters. The Kier molecular flexibility index (Phi) is 3.91. The highest BCUT2D eigenvalue weighted by molar-refractivity contribution is 5.32. The summed E-state index contributed by atoms with van der Waals surface area (Å²) < 4.78 is 5.33. The minimum Gasteiger partial charge on any atom is -0.380 e. The fraction of sp³-hybridized carbons (Fsp3) is 0.667. The molecule has 2 rings (SSSR count). The molecule has 1 saturated heterocycles. The zero-order valence-corrected chi connectivity index (χ0v) is 10.5. The van der Waals surface area contributed by atoms with E-state index in [9.17, 15) is 0 Å². The van der Waals surface area contributed by atoms with Gasteiger partial charge in [-0.2, -0.15) is 0 Å². The van der Waals surface area contributed by atoms with Gasteiger partial charge in [0, 0.05) is 38.6 Å². The molecular formula is C12H20N4O. The predicted molar refractivity (Wildman–Crippen MR) is 67.0 cm³/mol. The summed E-state index contributed by atoms with van der Waals surface area (Å²) in [5.41, 5.74) is 6.83. The van der Waals surface area contributed by atoms with Crippen molar-refractivity contribution in [1.29, 1.82) is 0 Å². The van der Waals surface area contributed by atoms with E-state index in [1.807, 2.05) is 19.3 Å². The van der Waals surface area contributed by atoms with Crippen molar-refractivity contribution < 1.29 is 4.74 Å². The number of anilines is 1. The number of ether oxygens (including phenoxy) is 1. The second kappa shape index (κ2) is 5.42. The number of hydrogen-bond acceptors (Lipinski definition) is 5. The third-order valence-corrected chi connectivity index (χ3v) is 3.01. The van der Waals surface area contributed by atoms with E-state index < -0.39 is 0 Å². The van der Waals surface area contributed by atoms with E-state index in [4.69, 9.17) is 10.5 Å². The average Bonchev–Trinajstić information content (AvgIpc) is 2.78. The maximum absolute atomic E-state index is 5.74. The van der Waals surface area contributed by atoms with Gasteiger partial charge in [-0.05, 0) is 25.3 Å². The van der Waals surface area contributed by atoms with Crippen LogP contribution < -0.4 is 10.6 Å². The summed E-state index contributed by atoms with van der Waals surface area (Å²) >= 11 is 0. The Hall–Kier alpha value is -1.20. The molecule has 1 aliphatic heterocycles. The van der Waals surface area contributed by atoms with Crippen molar-refractivity contribution in [2.75, 3.05) is 25.1 Å². The summed E-state index contributed by atoms with van der Waals surface area (Å²) in [5.74, 6) is 0.790. The Bertz CT molecular complexity index is 352. The smallest absolute Gasteiger partial charge is 0.225 e. The van der Waals surface area contributed by atoms with Crippen molar-refractivity contribution in [2.45, 2.75) is 31.9 Å². The first-order valence-corrected chi connectivity index (χ1v) is 6.03. The third-order valence-electron chi connectivity index (χ3n) is 3.01. The second-order valence-corrected chi connectivity index (χ2v) is 4.67. The van der Waals surface area contributed by atoms with E-state index in [2.05, 4.69) is 14.9 Å². The molecule has 0 bridgehead atoms. The Morgan fingerprint density at radius 3 is 2.76 bits per heavy atom. The van der Waals surface area contributed by atoms with E-state index in [0.29, 0.717) is 6.10 Å². The Labute approximate surface area is 102 Å². The molecule has 1 aromatic heterocycles. The van der Waals surface area contributed by atoms with Crippen molar-refractivity contribution in [2.24, 2.45) is 5.73 Å². The van der Waals surface area contributed by atoms with Gasteiger partial charge in [0.1, 0.15) is 0 Å². The van der Waals surface area contributed by atoms with Gasteiger partial charge in [-0.3, -0.25) is 0 Å². The second-order valence-electron chi connectivity index (χ2n) is 4.67. The van der Waals surface area contributed by atoms with Gasteiger partial charge in [0.05, 0.1) is 6.10 Å². The van der Waals surface area contributed by atoms with Crippen molar-refractivity contribution >= 4 is 5.95 Å². The summed E-state index contributed by atoms with van der Waals surface area (Å²) in [5, 5.41) is 0. The van der Waals surface area contributed by atoms with Crippen LogP contribution in [0.3, 0.4) is 0 Å². The van der Waals surface area contributed by atoms with Gasteiger partial charge < -0.3 is 15.4 Å². The molecule has 0 amide bonds. The molecule has 1 fully saturated rings. The zero-order chi connectivity index (χ0) is 12.3. The standard InChI is InChI=1S/C12H20N4O/c1-9(13)5-10-6-14-12(15-7-10)16-4-3-11(8-16)17-2/h6-7,9,11H,3-5,8,13H2,1-2H3. The minimum atomic E-state index is 0.147. The molecule has 1 aliphatic rings. The molecule has 0 radical (unpaired) electrons. The molecular weight excluding hydrogens is 216 g/mol. The summed E-state index contributed by atoms with van der Waals surface area (Å²) in [6.45, 7) is 3.83. The number of rotatable bonds is 4. The molecule has 5 nitrogen and oxygen atoms in total. The molecule has 0 aliphatic carbocycles. The van der Waals surface area contributed by atoms with Crippen LogP contribution in [0.1, 0.15) is 18.9 Å². The molecule has 1 aromatic rings. The summed E-state index contributed by atoms with van der Waals surface area (Å²) in [7, 11) is 1.75. The lowest BCUT2D eigenvalue weighted by Gasteiger charge is -2.16. The van der Waals surface area contributed by atoms with Crippen molar-refractivity contribution in [1.82, 2.24) is 9.97 Å². The van der Waals surface area contributed by atoms with Gasteiger partial charge >= 0.3 is 0 Å². The van der Waals surface area contributed by atoms with E-state index in [0.717, 1.165) is 37.4 Å². The van der Waals surface area contributed by atoms with Gasteiger partial charge in [-0.1, -0.05) is 0 Å². The molecule has 17 heavy (non-hydrogen) atoms. The highest BCUT2D eigenvalue weighted by Crippen LogP contribution is 2.17. The van der Waals surface area contributed by atoms with E-state index in [1.165, 1.54) is 0 Å². The Morgan fingerprint density at radius 1 is 1.53 bits per heavy atom. The highest BCUT2D eigenvalue weighted by atomic mass is 16.5. The molecule has 2 N–H and O–H groups in total. The topological polar surface area (TPSA) is 64.3 Å². The lowest BCUT2D eigenvalue weighted by Crippen LogP contribution is -2.24. The number of aromatic nitrogens is 2. The quantitative estimate of drug-likeness (QED) is 0.829. The van der Waals surface area contributed by atoms with Gasteiger partial charge in [0.25, 0.3) is 0 Å². The Balaban J connectivity index is 1.98. The number of hydrogen-bond donors (Lipinski definition) is 1. The van der Waals surface area contributed by atoms with E-state index in [1.54, 1.807) is 7.11 Å². The molecule has 2 unspecified atom stereocenters. The van der Waals surface area contributed by atoms with Gasteiger partial charge in [-0.15, -0.1) is 0 Å². The van der Waals surface area contributed by atoms with Crippen LogP contribution >= 0.6 is 0 Å². The van der Waals surface area contributed by atoms with Crippen LogP contribution in [-0.4, -0.2) is 42.3 Å². The van der Waals surface area contributed by atoms with Crippen molar-refractivity contribution in [3.8, 4) is 0 Å². The van der Waals surface area contributed by atoms with Crippen LogP contribution in [0, 0.1) is 0 Å². The number of nitrogens with two attached hydrogens (primary N) is 1. The summed E-state index contributed by atoms with van der Waals surface area (Å²) in [6, 6.07) is 0.147. The van der Waals surface area contributed by atoms with Gasteiger partial charge in [-0.25, -0.2) is 9.97 Å². The van der Waals surface area contributed by atoms with Crippen LogP contribution in [-0.2, 0) is 11.2 Å². The largest absolute Gasteiger partial charge is 0.380 e. The first kappa shape index (κ1) is 12.3. The fourth-order valence-electron chi connectivity index (χ4n) is 2.09. The maximum Gasteiger partial charge on any atom is 0.225 e. The van der Waals surface area contributed by atoms with Crippen LogP contribution in [0.15, 0.2) is 12.4 Å². The van der Waals surface area contributed by atoms with Crippen molar-refractivity contribution in [3.05, 3.63) is 18.0 Å². The summed E-state index contributed by atoms with van der Waals surface area (Å²) in [4.78, 5) is 10.9. The highest BCUT2D eigenvalue weighted by Gasteiger charge is 2.23. The first-order valence-electron chi connectivity index (χ1n) is 6.03. The molecule has 0 aromatic carbocycles. The maximum atomic E-state index is 5.74. The monoisotopic (exact) mass is 236 g/mol. The van der Waals surface area contributed by atoms with E-state index in [-0.39, 0.29) is 6.04 Å². The number of methoxy groups -OCH3 is 1. The average molecular weight is 236 g/mol. The van der Waals surface area contributed by atoms with E-state index >= 15 is 0 Å². The van der Waals surface area contributed by atoms with Crippen LogP contribution in [0.2, 0.25) is 0 Å². The van der Waals surface area contributed by atoms with Crippen LogP contribution in [0.4, 0.5) is 5.95 Å². The van der Waals surface area contributed by atoms with Gasteiger partial charge in [0.15, 0.2) is 0 Å². The zero-order valence-electron chi connectivity index (χ0n) is 10.5. The summed E-state index contributed by atoms with van der Waals surface area (Å²) in [6.07, 6.45) is 5.91. The molecule has 0 spiro atoms. The molecule has 0 saturated carbocycles. The van der Waals surface area contributed by atoms with Crippen LogP contribution in [0.5, 0.6) is 0 Å². The SMILES string of the molecule is COC1CCN(c2ncc(CC(C)N)cn2)C1. The van der Waals surface area contributed by atoms with Crippen LogP contribution in [0.25, 0.3) is 0 Å². The Morgan fingerprint density at radius 2 is 2.24 bits per heavy atom. The number of nitrogens with zero attached hydrogens (tertiary/aromatic N) is 3. The minimum absolute atomic E-state index is 0.147. The molecule has 5 heteroatoms. The lowest BCUT2D eigenvalue weighted by atomic mass is 10.1. The fourth-order valence-corrected chi connectivity index (χ4v) is 2.09. The van der Waals surface area contributed by atoms with Crippen molar-refractivity contribution in [3.63, 3.8) is 0 Å². The lowest BCUT2D eigenvalue weighted by molar-refractivity contribution is 0.121. The molecule has 2 heterocycles. The molecule has 94 valence electrons. The van der Waals surface area contributed by atoms with Gasteiger partial charge in [0.2, 0.25) is 5.95 Å². The first-order chi connectivity index (χ1) is 8.19. The predicted octanol–water partition coefficient (Wildman–Crippen LogP) is 0.591. The third kappa shape index (κ3) is 3.14.